The minimum absolute atomic E-state index is 0.261. The zero-order chi connectivity index (χ0) is 14.8. The van der Waals surface area contributed by atoms with Gasteiger partial charge in [0, 0.05) is 11.3 Å². The van der Waals surface area contributed by atoms with Gasteiger partial charge in [-0.05, 0) is 55.3 Å². The van der Waals surface area contributed by atoms with Crippen LogP contribution in [0.4, 0.5) is 5.69 Å². The zero-order valence-electron chi connectivity index (χ0n) is 11.3. The van der Waals surface area contributed by atoms with Gasteiger partial charge in [-0.1, -0.05) is 12.1 Å². The molecule has 104 valence electrons. The Labute approximate surface area is 118 Å². The van der Waals surface area contributed by atoms with Gasteiger partial charge in [-0.15, -0.1) is 0 Å². The maximum absolute atomic E-state index is 12.3. The molecule has 20 heavy (non-hydrogen) atoms. The van der Waals surface area contributed by atoms with Crippen LogP contribution in [0.25, 0.3) is 0 Å². The van der Waals surface area contributed by atoms with Gasteiger partial charge in [0.25, 0.3) is 10.0 Å². The molecule has 2 rings (SSSR count). The molecule has 0 aromatic heterocycles. The molecule has 0 saturated carbocycles. The van der Waals surface area contributed by atoms with Gasteiger partial charge in [0.15, 0.2) is 0 Å². The molecule has 4 nitrogen and oxygen atoms in total. The summed E-state index contributed by atoms with van der Waals surface area (Å²) in [6.07, 6.45) is 0.711. The van der Waals surface area contributed by atoms with Crippen molar-refractivity contribution in [3.63, 3.8) is 0 Å². The molecule has 0 radical (unpaired) electrons. The Hall–Kier alpha value is -2.14. The maximum Gasteiger partial charge on any atom is 0.262 e. The van der Waals surface area contributed by atoms with Crippen molar-refractivity contribution in [2.75, 3.05) is 4.72 Å². The Balaban J connectivity index is 2.35. The van der Waals surface area contributed by atoms with E-state index < -0.39 is 10.0 Å². The van der Waals surface area contributed by atoms with Crippen LogP contribution < -0.4 is 4.72 Å². The number of hydrogen-bond donors (Lipinski definition) is 1. The van der Waals surface area contributed by atoms with E-state index in [1.807, 2.05) is 13.0 Å². The Bertz CT molecular complexity index is 734. The second-order valence-corrected chi connectivity index (χ2v) is 6.27. The highest BCUT2D eigenvalue weighted by molar-refractivity contribution is 7.92. The summed E-state index contributed by atoms with van der Waals surface area (Å²) < 4.78 is 27.2. The van der Waals surface area contributed by atoms with E-state index >= 15 is 0 Å². The number of nitrogens with one attached hydrogen (secondary N) is 1. The van der Waals surface area contributed by atoms with E-state index in [-0.39, 0.29) is 4.90 Å². The maximum atomic E-state index is 12.3. The van der Waals surface area contributed by atoms with Crippen molar-refractivity contribution in [1.29, 1.82) is 0 Å². The lowest BCUT2D eigenvalue weighted by Gasteiger charge is -2.11. The largest absolute Gasteiger partial charge is 0.298 e. The van der Waals surface area contributed by atoms with E-state index in [1.165, 1.54) is 0 Å². The number of benzene rings is 2. The van der Waals surface area contributed by atoms with Crippen molar-refractivity contribution in [2.24, 2.45) is 0 Å². The second-order valence-electron chi connectivity index (χ2n) is 4.61. The normalized spacial score (nSPS) is 11.1. The molecule has 0 heterocycles. The summed E-state index contributed by atoms with van der Waals surface area (Å²) in [5.74, 6) is 0. The second kappa shape index (κ2) is 5.46. The Morgan fingerprint density at radius 3 is 2.25 bits per heavy atom. The van der Waals surface area contributed by atoms with Gasteiger partial charge >= 0.3 is 0 Å². The Morgan fingerprint density at radius 2 is 1.65 bits per heavy atom. The third kappa shape index (κ3) is 3.05. The highest BCUT2D eigenvalue weighted by Crippen LogP contribution is 2.20. The van der Waals surface area contributed by atoms with Crippen molar-refractivity contribution in [3.05, 3.63) is 59.2 Å². The van der Waals surface area contributed by atoms with Crippen molar-refractivity contribution < 1.29 is 13.2 Å². The highest BCUT2D eigenvalue weighted by atomic mass is 32.2. The first-order valence-corrected chi connectivity index (χ1v) is 7.56. The van der Waals surface area contributed by atoms with Crippen LogP contribution in [0.15, 0.2) is 47.4 Å². The van der Waals surface area contributed by atoms with E-state index in [0.717, 1.165) is 5.56 Å². The average molecular weight is 289 g/mol. The van der Waals surface area contributed by atoms with E-state index in [0.29, 0.717) is 23.1 Å². The molecular formula is C15H15NO3S. The molecule has 5 heteroatoms. The van der Waals surface area contributed by atoms with E-state index in [2.05, 4.69) is 4.72 Å². The van der Waals surface area contributed by atoms with Crippen LogP contribution in [-0.4, -0.2) is 14.7 Å². The van der Waals surface area contributed by atoms with Gasteiger partial charge in [-0.3, -0.25) is 9.52 Å². The van der Waals surface area contributed by atoms with Gasteiger partial charge in [-0.2, -0.15) is 0 Å². The fourth-order valence-corrected chi connectivity index (χ4v) is 3.23. The first-order chi connectivity index (χ1) is 9.42. The fraction of sp³-hybridized carbons (Fsp3) is 0.133. The molecule has 0 aliphatic rings. The number of sulfonamides is 1. The monoisotopic (exact) mass is 289 g/mol. The minimum Gasteiger partial charge on any atom is -0.298 e. The van der Waals surface area contributed by atoms with Crippen LogP contribution in [0, 0.1) is 13.8 Å². The summed E-state index contributed by atoms with van der Waals surface area (Å²) in [4.78, 5) is 10.8. The molecule has 0 spiro atoms. The highest BCUT2D eigenvalue weighted by Gasteiger charge is 2.16. The molecule has 0 saturated heterocycles. The molecular weight excluding hydrogens is 274 g/mol. The number of aryl methyl sites for hydroxylation is 2. The SMILES string of the molecule is Cc1ccc(C)c(S(=O)(=O)Nc2ccc(C=O)cc2)c1. The lowest BCUT2D eigenvalue weighted by Crippen LogP contribution is -2.14. The molecule has 0 fully saturated rings. The molecule has 0 aliphatic heterocycles. The molecule has 1 N–H and O–H groups in total. The van der Waals surface area contributed by atoms with E-state index in [9.17, 15) is 13.2 Å². The van der Waals surface area contributed by atoms with Crippen LogP contribution in [0.5, 0.6) is 0 Å². The summed E-state index contributed by atoms with van der Waals surface area (Å²) >= 11 is 0. The predicted octanol–water partition coefficient (Wildman–Crippen LogP) is 2.92. The van der Waals surface area contributed by atoms with Crippen molar-refractivity contribution in [1.82, 2.24) is 0 Å². The number of carbonyl (C=O) groups excluding carboxylic acids is 1. The quantitative estimate of drug-likeness (QED) is 0.880. The summed E-state index contributed by atoms with van der Waals surface area (Å²) in [5, 5.41) is 0. The van der Waals surface area contributed by atoms with Crippen LogP contribution in [0.3, 0.4) is 0 Å². The third-order valence-electron chi connectivity index (χ3n) is 2.93. The molecule has 2 aromatic carbocycles. The standard InChI is InChI=1S/C15H15NO3S/c1-11-3-4-12(2)15(9-11)20(18,19)16-14-7-5-13(10-17)6-8-14/h3-10,16H,1-2H3. The van der Waals surface area contributed by atoms with Crippen molar-refractivity contribution in [2.45, 2.75) is 18.7 Å². The number of hydrogen-bond acceptors (Lipinski definition) is 3. The van der Waals surface area contributed by atoms with Gasteiger partial charge in [-0.25, -0.2) is 8.42 Å². The Morgan fingerprint density at radius 1 is 1.00 bits per heavy atom. The third-order valence-corrected chi connectivity index (χ3v) is 4.46. The summed E-state index contributed by atoms with van der Waals surface area (Å²) in [7, 11) is -3.62. The lowest BCUT2D eigenvalue weighted by atomic mass is 10.2. The number of carbonyl (C=O) groups is 1. The Kier molecular flexibility index (Phi) is 3.90. The van der Waals surface area contributed by atoms with Gasteiger partial charge in [0.05, 0.1) is 4.90 Å². The number of aldehydes is 1. The topological polar surface area (TPSA) is 63.2 Å². The molecule has 0 atom stereocenters. The smallest absolute Gasteiger partial charge is 0.262 e. The van der Waals surface area contributed by atoms with E-state index in [4.69, 9.17) is 0 Å². The van der Waals surface area contributed by atoms with Gasteiger partial charge in [0.1, 0.15) is 6.29 Å². The molecule has 0 unspecified atom stereocenters. The summed E-state index contributed by atoms with van der Waals surface area (Å²) in [6, 6.07) is 11.5. The van der Waals surface area contributed by atoms with Gasteiger partial charge < -0.3 is 0 Å². The summed E-state index contributed by atoms with van der Waals surface area (Å²) in [6.45, 7) is 3.60. The minimum atomic E-state index is -3.62. The van der Waals surface area contributed by atoms with Gasteiger partial charge in [0.2, 0.25) is 0 Å². The fourth-order valence-electron chi connectivity index (χ4n) is 1.84. The van der Waals surface area contributed by atoms with Crippen LogP contribution in [-0.2, 0) is 10.0 Å². The number of anilines is 1. The zero-order valence-corrected chi connectivity index (χ0v) is 12.1. The van der Waals surface area contributed by atoms with Crippen LogP contribution in [0.1, 0.15) is 21.5 Å². The number of rotatable bonds is 4. The molecule has 0 amide bonds. The predicted molar refractivity (Wildman–Crippen MR) is 78.6 cm³/mol. The molecule has 0 bridgehead atoms. The summed E-state index contributed by atoms with van der Waals surface area (Å²) in [5.41, 5.74) is 2.50. The lowest BCUT2D eigenvalue weighted by molar-refractivity contribution is 0.112. The van der Waals surface area contributed by atoms with Crippen molar-refractivity contribution in [3.8, 4) is 0 Å². The van der Waals surface area contributed by atoms with Crippen LogP contribution >= 0.6 is 0 Å². The van der Waals surface area contributed by atoms with E-state index in [1.54, 1.807) is 43.3 Å². The first-order valence-electron chi connectivity index (χ1n) is 6.08. The average Bonchev–Trinajstić information content (AvgIpc) is 2.42. The van der Waals surface area contributed by atoms with Crippen molar-refractivity contribution >= 4 is 22.0 Å². The molecule has 2 aromatic rings. The molecule has 0 aliphatic carbocycles. The first kappa shape index (κ1) is 14.3. The van der Waals surface area contributed by atoms with Crippen LogP contribution in [0.2, 0.25) is 0 Å².